The van der Waals surface area contributed by atoms with Crippen molar-refractivity contribution < 1.29 is 4.74 Å². The molecule has 1 aromatic heterocycles. The third kappa shape index (κ3) is 4.57. The first-order chi connectivity index (χ1) is 15.3. The first-order valence-corrected chi connectivity index (χ1v) is 12.0. The summed E-state index contributed by atoms with van der Waals surface area (Å²) < 4.78 is 5.98. The molecule has 2 aliphatic rings. The molecule has 3 nitrogen and oxygen atoms in total. The number of aromatic amines is 1. The van der Waals surface area contributed by atoms with E-state index in [0.717, 1.165) is 37.7 Å². The Bertz CT molecular complexity index is 1050. The van der Waals surface area contributed by atoms with Crippen molar-refractivity contribution in [2.75, 3.05) is 26.2 Å². The number of ether oxygens (including phenoxy) is 1. The molecule has 0 saturated heterocycles. The Morgan fingerprint density at radius 2 is 2.00 bits per heavy atom. The van der Waals surface area contributed by atoms with E-state index in [9.17, 15) is 0 Å². The molecule has 0 saturated carbocycles. The third-order valence-corrected chi connectivity index (χ3v) is 6.98. The zero-order chi connectivity index (χ0) is 21.0. The minimum atomic E-state index is 0.739. The van der Waals surface area contributed by atoms with Gasteiger partial charge in [0.25, 0.3) is 0 Å². The van der Waals surface area contributed by atoms with E-state index >= 15 is 0 Å². The largest absolute Gasteiger partial charge is 0.494 e. The lowest BCUT2D eigenvalue weighted by molar-refractivity contribution is 0.238. The van der Waals surface area contributed by atoms with Gasteiger partial charge in [0.05, 0.1) is 6.61 Å². The molecule has 0 bridgehead atoms. The molecule has 31 heavy (non-hydrogen) atoms. The topological polar surface area (TPSA) is 28.3 Å². The van der Waals surface area contributed by atoms with E-state index in [1.54, 1.807) is 0 Å². The quantitative estimate of drug-likeness (QED) is 0.464. The molecule has 0 amide bonds. The van der Waals surface area contributed by atoms with Gasteiger partial charge in [-0.1, -0.05) is 49.8 Å². The molecule has 2 heterocycles. The average Bonchev–Trinajstić information content (AvgIpc) is 3.18. The van der Waals surface area contributed by atoms with Crippen molar-refractivity contribution in [3.63, 3.8) is 0 Å². The lowest BCUT2D eigenvalue weighted by Crippen LogP contribution is -2.35. The van der Waals surface area contributed by atoms with Gasteiger partial charge in [-0.15, -0.1) is 0 Å². The van der Waals surface area contributed by atoms with Crippen LogP contribution in [0.3, 0.4) is 0 Å². The van der Waals surface area contributed by atoms with Gasteiger partial charge in [0.2, 0.25) is 0 Å². The maximum Gasteiger partial charge on any atom is 0.120 e. The summed E-state index contributed by atoms with van der Waals surface area (Å²) in [4.78, 5) is 6.33. The van der Waals surface area contributed by atoms with Gasteiger partial charge in [-0.3, -0.25) is 4.90 Å². The van der Waals surface area contributed by atoms with E-state index in [1.165, 1.54) is 72.1 Å². The smallest absolute Gasteiger partial charge is 0.120 e. The molecule has 0 spiro atoms. The maximum atomic E-state index is 5.98. The highest BCUT2D eigenvalue weighted by Gasteiger charge is 2.25. The van der Waals surface area contributed by atoms with E-state index in [2.05, 4.69) is 71.4 Å². The summed E-state index contributed by atoms with van der Waals surface area (Å²) in [6.07, 6.45) is 9.51. The van der Waals surface area contributed by atoms with Crippen molar-refractivity contribution in [1.29, 1.82) is 0 Å². The normalized spacial score (nSPS) is 19.3. The zero-order valence-electron chi connectivity index (χ0n) is 18.7. The summed E-state index contributed by atoms with van der Waals surface area (Å²) in [7, 11) is 0. The lowest BCUT2D eigenvalue weighted by atomic mass is 9.85. The second-order valence-electron chi connectivity index (χ2n) is 9.21. The van der Waals surface area contributed by atoms with Crippen LogP contribution in [0.1, 0.15) is 49.4 Å². The fraction of sp³-hybridized carbons (Fsp3) is 0.429. The summed E-state index contributed by atoms with van der Waals surface area (Å²) in [5.41, 5.74) is 7.14. The van der Waals surface area contributed by atoms with Gasteiger partial charge in [0, 0.05) is 36.2 Å². The molecule has 1 unspecified atom stereocenters. The second kappa shape index (κ2) is 9.32. The molecule has 1 aliphatic heterocycles. The van der Waals surface area contributed by atoms with Crippen LogP contribution in [0.25, 0.3) is 16.5 Å². The molecule has 1 atom stereocenters. The number of hydrogen-bond acceptors (Lipinski definition) is 2. The molecular weight excluding hydrogens is 380 g/mol. The van der Waals surface area contributed by atoms with Crippen molar-refractivity contribution in [2.45, 2.75) is 45.4 Å². The van der Waals surface area contributed by atoms with Crippen LogP contribution in [0.15, 0.2) is 54.6 Å². The molecule has 0 radical (unpaired) electrons. The summed E-state index contributed by atoms with van der Waals surface area (Å²) in [5.74, 6) is 1.75. The van der Waals surface area contributed by atoms with Crippen molar-refractivity contribution in [2.24, 2.45) is 5.92 Å². The van der Waals surface area contributed by atoms with Crippen molar-refractivity contribution in [3.8, 4) is 5.75 Å². The molecule has 5 rings (SSSR count). The van der Waals surface area contributed by atoms with Crippen molar-refractivity contribution >= 4 is 16.5 Å². The molecule has 1 aliphatic carbocycles. The van der Waals surface area contributed by atoms with Gasteiger partial charge in [-0.25, -0.2) is 0 Å². The molecular formula is C28H34N2O. The zero-order valence-corrected chi connectivity index (χ0v) is 18.7. The standard InChI is InChI=1S/C28H34N2O/c1-2-3-17-31-24-10-12-28-26(19-24)25-18-21(9-11-27(25)29-28)20-30-15-13-23(14-16-30)22-7-5-4-6-8-22/h4-8,10,12-13,19,21,29H,2-3,9,11,14-18,20H2,1H3. The monoisotopic (exact) mass is 414 g/mol. The molecule has 3 aromatic rings. The van der Waals surface area contributed by atoms with Crippen LogP contribution in [0.4, 0.5) is 0 Å². The number of aryl methyl sites for hydroxylation is 1. The van der Waals surface area contributed by atoms with Crippen LogP contribution < -0.4 is 4.74 Å². The van der Waals surface area contributed by atoms with E-state index in [4.69, 9.17) is 4.74 Å². The van der Waals surface area contributed by atoms with E-state index in [-0.39, 0.29) is 0 Å². The Morgan fingerprint density at radius 1 is 1.10 bits per heavy atom. The summed E-state index contributed by atoms with van der Waals surface area (Å²) in [5, 5.41) is 1.37. The van der Waals surface area contributed by atoms with Crippen LogP contribution in [-0.2, 0) is 12.8 Å². The predicted octanol–water partition coefficient (Wildman–Crippen LogP) is 6.24. The Hall–Kier alpha value is -2.52. The van der Waals surface area contributed by atoms with Gasteiger partial charge in [0.15, 0.2) is 0 Å². The van der Waals surface area contributed by atoms with Crippen LogP contribution in [0, 0.1) is 5.92 Å². The van der Waals surface area contributed by atoms with Gasteiger partial charge >= 0.3 is 0 Å². The van der Waals surface area contributed by atoms with E-state index < -0.39 is 0 Å². The number of rotatable bonds is 7. The second-order valence-corrected chi connectivity index (χ2v) is 9.21. The molecule has 2 aromatic carbocycles. The Balaban J connectivity index is 1.24. The number of unbranched alkanes of at least 4 members (excludes halogenated alkanes) is 1. The average molecular weight is 415 g/mol. The first kappa shape index (κ1) is 20.4. The molecule has 0 fully saturated rings. The highest BCUT2D eigenvalue weighted by atomic mass is 16.5. The third-order valence-electron chi connectivity index (χ3n) is 6.98. The number of nitrogens with one attached hydrogen (secondary N) is 1. The van der Waals surface area contributed by atoms with Gasteiger partial charge in [-0.2, -0.15) is 0 Å². The minimum Gasteiger partial charge on any atom is -0.494 e. The van der Waals surface area contributed by atoms with Crippen molar-refractivity contribution in [1.82, 2.24) is 9.88 Å². The van der Waals surface area contributed by atoms with Gasteiger partial charge in [0.1, 0.15) is 5.75 Å². The van der Waals surface area contributed by atoms with E-state index in [0.29, 0.717) is 0 Å². The van der Waals surface area contributed by atoms with Crippen LogP contribution in [-0.4, -0.2) is 36.1 Å². The predicted molar refractivity (Wildman–Crippen MR) is 130 cm³/mol. The fourth-order valence-corrected chi connectivity index (χ4v) is 5.20. The number of hydrogen-bond donors (Lipinski definition) is 1. The number of aromatic nitrogens is 1. The Kier molecular flexibility index (Phi) is 6.13. The highest BCUT2D eigenvalue weighted by Crippen LogP contribution is 2.34. The minimum absolute atomic E-state index is 0.739. The first-order valence-electron chi connectivity index (χ1n) is 12.0. The summed E-state index contributed by atoms with van der Waals surface area (Å²) >= 11 is 0. The molecule has 1 N–H and O–H groups in total. The molecule has 162 valence electrons. The number of nitrogens with zero attached hydrogens (tertiary/aromatic N) is 1. The van der Waals surface area contributed by atoms with Crippen LogP contribution >= 0.6 is 0 Å². The Labute approximate surface area is 186 Å². The number of benzene rings is 2. The van der Waals surface area contributed by atoms with Crippen molar-refractivity contribution in [3.05, 3.63) is 71.4 Å². The summed E-state index contributed by atoms with van der Waals surface area (Å²) in [6, 6.07) is 17.4. The summed E-state index contributed by atoms with van der Waals surface area (Å²) in [6.45, 7) is 6.47. The van der Waals surface area contributed by atoms with Gasteiger partial charge < -0.3 is 9.72 Å². The maximum absolute atomic E-state index is 5.98. The number of H-pyrrole nitrogens is 1. The Morgan fingerprint density at radius 3 is 2.81 bits per heavy atom. The van der Waals surface area contributed by atoms with E-state index in [1.807, 2.05) is 0 Å². The van der Waals surface area contributed by atoms with Crippen LogP contribution in [0.5, 0.6) is 5.75 Å². The SMILES string of the molecule is CCCCOc1ccc2[nH]c3c(c2c1)CC(CN1CC=C(c2ccccc2)CC1)CC3. The van der Waals surface area contributed by atoms with Gasteiger partial charge in [-0.05, 0) is 72.9 Å². The fourth-order valence-electron chi connectivity index (χ4n) is 5.20. The molecule has 3 heteroatoms. The van der Waals surface area contributed by atoms with Crippen LogP contribution in [0.2, 0.25) is 0 Å². The number of fused-ring (bicyclic) bond motifs is 3. The highest BCUT2D eigenvalue weighted by molar-refractivity contribution is 5.86. The lowest BCUT2D eigenvalue weighted by Gasteiger charge is -2.32.